The summed E-state index contributed by atoms with van der Waals surface area (Å²) in [6.45, 7) is 8.24. The summed E-state index contributed by atoms with van der Waals surface area (Å²) in [6.07, 6.45) is 1.18. The van der Waals surface area contributed by atoms with Gasteiger partial charge in [0.25, 0.3) is 0 Å². The minimum Gasteiger partial charge on any atom is -0.348 e. The van der Waals surface area contributed by atoms with Crippen molar-refractivity contribution in [3.8, 4) is 0 Å². The van der Waals surface area contributed by atoms with Gasteiger partial charge in [-0.3, -0.25) is 9.69 Å². The number of hydrogen-bond acceptors (Lipinski definition) is 3. The Morgan fingerprint density at radius 1 is 1.21 bits per heavy atom. The molecule has 4 nitrogen and oxygen atoms in total. The third kappa shape index (κ3) is 4.11. The molecule has 0 radical (unpaired) electrons. The van der Waals surface area contributed by atoms with Crippen molar-refractivity contribution in [1.82, 2.24) is 15.1 Å². The molecule has 24 heavy (non-hydrogen) atoms. The normalized spacial score (nSPS) is 27.5. The van der Waals surface area contributed by atoms with E-state index < -0.39 is 0 Å². The first-order chi connectivity index (χ1) is 11.5. The van der Waals surface area contributed by atoms with Crippen LogP contribution in [0.25, 0.3) is 0 Å². The lowest BCUT2D eigenvalue weighted by molar-refractivity contribution is -0.127. The minimum atomic E-state index is -0.0810. The van der Waals surface area contributed by atoms with Crippen LogP contribution < -0.4 is 5.32 Å². The lowest BCUT2D eigenvalue weighted by Crippen LogP contribution is -2.53. The van der Waals surface area contributed by atoms with Crippen LogP contribution in [0.1, 0.15) is 31.9 Å². The number of nitrogens with zero attached hydrogens (tertiary/aromatic N) is 2. The van der Waals surface area contributed by atoms with Gasteiger partial charge >= 0.3 is 0 Å². The summed E-state index contributed by atoms with van der Waals surface area (Å²) in [5.41, 5.74) is 1.16. The number of likely N-dealkylation sites (N-methyl/N-ethyl adjacent to an activating group) is 1. The van der Waals surface area contributed by atoms with Crippen LogP contribution in [0.2, 0.25) is 5.02 Å². The van der Waals surface area contributed by atoms with Gasteiger partial charge in [0.15, 0.2) is 0 Å². The summed E-state index contributed by atoms with van der Waals surface area (Å²) >= 11 is 6.01. The predicted molar refractivity (Wildman–Crippen MR) is 98.1 cm³/mol. The highest BCUT2D eigenvalue weighted by atomic mass is 35.5. The molecule has 4 atom stereocenters. The molecule has 1 N–H and O–H groups in total. The lowest BCUT2D eigenvalue weighted by atomic mass is 10.0. The number of rotatable bonds is 5. The van der Waals surface area contributed by atoms with Gasteiger partial charge < -0.3 is 10.2 Å². The van der Waals surface area contributed by atoms with Crippen molar-refractivity contribution < 1.29 is 4.79 Å². The molecule has 1 amide bonds. The van der Waals surface area contributed by atoms with E-state index in [1.807, 2.05) is 31.2 Å². The van der Waals surface area contributed by atoms with Crippen molar-refractivity contribution in [2.24, 2.45) is 11.8 Å². The van der Waals surface area contributed by atoms with Crippen molar-refractivity contribution in [2.75, 3.05) is 33.2 Å². The second-order valence-corrected chi connectivity index (χ2v) is 7.87. The predicted octanol–water partition coefficient (Wildman–Crippen LogP) is 2.79. The first kappa shape index (κ1) is 17.7. The molecule has 1 aliphatic heterocycles. The van der Waals surface area contributed by atoms with Gasteiger partial charge in [0, 0.05) is 31.2 Å². The molecule has 1 heterocycles. The molecule has 3 rings (SSSR count). The Bertz CT molecular complexity index is 568. The zero-order chi connectivity index (χ0) is 17.3. The fourth-order valence-electron chi connectivity index (χ4n) is 3.57. The summed E-state index contributed by atoms with van der Waals surface area (Å²) in [4.78, 5) is 17.4. The van der Waals surface area contributed by atoms with E-state index in [4.69, 9.17) is 11.6 Å². The molecular weight excluding hydrogens is 322 g/mol. The van der Waals surface area contributed by atoms with Gasteiger partial charge in [-0.2, -0.15) is 0 Å². The van der Waals surface area contributed by atoms with Crippen LogP contribution in [0, 0.1) is 11.8 Å². The number of amides is 1. The van der Waals surface area contributed by atoms with E-state index in [9.17, 15) is 4.79 Å². The maximum atomic E-state index is 12.8. The average Bonchev–Trinajstić information content (AvgIpc) is 3.30. The quantitative estimate of drug-likeness (QED) is 0.887. The number of carbonyl (C=O) groups is 1. The molecule has 0 bridgehead atoms. The smallest absolute Gasteiger partial charge is 0.237 e. The van der Waals surface area contributed by atoms with Crippen LogP contribution in [0.4, 0.5) is 0 Å². The van der Waals surface area contributed by atoms with Gasteiger partial charge in [0.05, 0.1) is 12.1 Å². The van der Waals surface area contributed by atoms with E-state index in [2.05, 4.69) is 29.1 Å². The average molecular weight is 350 g/mol. The Morgan fingerprint density at radius 2 is 1.79 bits per heavy atom. The standard InChI is InChI=1S/C19H28ClN3O/c1-13-12-17(13)18(15-4-6-16(20)7-5-15)21-19(24)14(2)23-10-8-22(3)9-11-23/h4-7,13-14,17-18H,8-12H2,1-3H3,(H,21,24). The van der Waals surface area contributed by atoms with E-state index in [0.29, 0.717) is 11.8 Å². The molecular formula is C19H28ClN3O. The largest absolute Gasteiger partial charge is 0.348 e. The van der Waals surface area contributed by atoms with Gasteiger partial charge in [-0.05, 0) is 49.9 Å². The highest BCUT2D eigenvalue weighted by Crippen LogP contribution is 2.47. The Hall–Kier alpha value is -1.10. The number of piperazine rings is 1. The van der Waals surface area contributed by atoms with Crippen molar-refractivity contribution in [2.45, 2.75) is 32.4 Å². The summed E-state index contributed by atoms with van der Waals surface area (Å²) < 4.78 is 0. The van der Waals surface area contributed by atoms with E-state index in [-0.39, 0.29) is 18.0 Å². The molecule has 2 aliphatic rings. The van der Waals surface area contributed by atoms with Crippen molar-refractivity contribution in [3.05, 3.63) is 34.9 Å². The van der Waals surface area contributed by atoms with Crippen molar-refractivity contribution >= 4 is 17.5 Å². The summed E-state index contributed by atoms with van der Waals surface area (Å²) in [6, 6.07) is 7.92. The maximum Gasteiger partial charge on any atom is 0.237 e. The lowest BCUT2D eigenvalue weighted by Gasteiger charge is -2.36. The number of benzene rings is 1. The molecule has 5 heteroatoms. The minimum absolute atomic E-state index is 0.0810. The fourth-order valence-corrected chi connectivity index (χ4v) is 3.70. The molecule has 1 saturated heterocycles. The number of hydrogen-bond donors (Lipinski definition) is 1. The van der Waals surface area contributed by atoms with Gasteiger partial charge in [-0.1, -0.05) is 30.7 Å². The first-order valence-corrected chi connectivity index (χ1v) is 9.32. The Balaban J connectivity index is 1.66. The second-order valence-electron chi connectivity index (χ2n) is 7.43. The number of nitrogens with one attached hydrogen (secondary N) is 1. The van der Waals surface area contributed by atoms with Crippen molar-refractivity contribution in [3.63, 3.8) is 0 Å². The van der Waals surface area contributed by atoms with Gasteiger partial charge in [-0.25, -0.2) is 0 Å². The highest BCUT2D eigenvalue weighted by Gasteiger charge is 2.41. The molecule has 1 saturated carbocycles. The molecule has 1 aromatic carbocycles. The van der Waals surface area contributed by atoms with Gasteiger partial charge in [-0.15, -0.1) is 0 Å². The molecule has 1 aliphatic carbocycles. The van der Waals surface area contributed by atoms with Gasteiger partial charge in [0.1, 0.15) is 0 Å². The maximum absolute atomic E-state index is 12.8. The van der Waals surface area contributed by atoms with Crippen LogP contribution in [0.3, 0.4) is 0 Å². The van der Waals surface area contributed by atoms with E-state index >= 15 is 0 Å². The number of halogens is 1. The summed E-state index contributed by atoms with van der Waals surface area (Å²) in [5.74, 6) is 1.35. The summed E-state index contributed by atoms with van der Waals surface area (Å²) in [5, 5.41) is 4.05. The fraction of sp³-hybridized carbons (Fsp3) is 0.632. The van der Waals surface area contributed by atoms with E-state index in [1.165, 1.54) is 6.42 Å². The molecule has 4 unspecified atom stereocenters. The van der Waals surface area contributed by atoms with Gasteiger partial charge in [0.2, 0.25) is 5.91 Å². The topological polar surface area (TPSA) is 35.6 Å². The van der Waals surface area contributed by atoms with Crippen LogP contribution in [-0.4, -0.2) is 55.0 Å². The molecule has 1 aromatic rings. The van der Waals surface area contributed by atoms with Crippen LogP contribution in [0.15, 0.2) is 24.3 Å². The Kier molecular flexibility index (Phi) is 5.48. The van der Waals surface area contributed by atoms with E-state index in [1.54, 1.807) is 0 Å². The van der Waals surface area contributed by atoms with Crippen LogP contribution in [-0.2, 0) is 4.79 Å². The monoisotopic (exact) mass is 349 g/mol. The Labute approximate surface area is 150 Å². The van der Waals surface area contributed by atoms with Crippen LogP contribution >= 0.6 is 11.6 Å². The molecule has 2 fully saturated rings. The Morgan fingerprint density at radius 3 is 2.33 bits per heavy atom. The molecule has 0 spiro atoms. The first-order valence-electron chi connectivity index (χ1n) is 8.94. The third-order valence-corrected chi connectivity index (χ3v) is 5.84. The SMILES string of the molecule is CC1CC1C(NC(=O)C(C)N1CCN(C)CC1)c1ccc(Cl)cc1. The highest BCUT2D eigenvalue weighted by molar-refractivity contribution is 6.30. The van der Waals surface area contributed by atoms with Crippen molar-refractivity contribution in [1.29, 1.82) is 0 Å². The number of carbonyl (C=O) groups excluding carboxylic acids is 1. The molecule has 0 aromatic heterocycles. The summed E-state index contributed by atoms with van der Waals surface area (Å²) in [7, 11) is 2.13. The van der Waals surface area contributed by atoms with Crippen LogP contribution in [0.5, 0.6) is 0 Å². The zero-order valence-corrected chi connectivity index (χ0v) is 15.6. The zero-order valence-electron chi connectivity index (χ0n) is 14.8. The van der Waals surface area contributed by atoms with E-state index in [0.717, 1.165) is 36.8 Å². The second kappa shape index (κ2) is 7.42. The third-order valence-electron chi connectivity index (χ3n) is 5.59. The molecule has 132 valence electrons.